The van der Waals surface area contributed by atoms with E-state index in [1.807, 2.05) is 50.2 Å². The Morgan fingerprint density at radius 2 is 1.40 bits per heavy atom. The predicted octanol–water partition coefficient (Wildman–Crippen LogP) is 10.4. The van der Waals surface area contributed by atoms with Crippen LogP contribution < -0.4 is 4.90 Å². The predicted molar refractivity (Wildman–Crippen MR) is 191 cm³/mol. The van der Waals surface area contributed by atoms with Crippen LogP contribution in [0.15, 0.2) is 126 Å². The second kappa shape index (κ2) is 13.6. The van der Waals surface area contributed by atoms with Crippen molar-refractivity contribution in [2.75, 3.05) is 25.0 Å². The molecule has 0 saturated carbocycles. The topological polar surface area (TPSA) is 40.6 Å². The van der Waals surface area contributed by atoms with Crippen molar-refractivity contribution in [1.29, 1.82) is 0 Å². The molecule has 1 atom stereocenters. The number of hydrogen-bond donors (Lipinski definition) is 0. The smallest absolute Gasteiger partial charge is 0.372 e. The molecule has 0 saturated heterocycles. The van der Waals surface area contributed by atoms with Gasteiger partial charge >= 0.3 is 6.18 Å². The van der Waals surface area contributed by atoms with Crippen LogP contribution in [0, 0.1) is 0 Å². The molecule has 2 aliphatic rings. The maximum atomic E-state index is 14.1. The molecular weight excluding hydrogens is 630 g/mol. The molecule has 0 aliphatic heterocycles. The van der Waals surface area contributed by atoms with Gasteiger partial charge in [-0.2, -0.15) is 17.5 Å². The van der Waals surface area contributed by atoms with Gasteiger partial charge in [-0.25, -0.2) is 8.42 Å². The van der Waals surface area contributed by atoms with E-state index in [4.69, 9.17) is 0 Å². The van der Waals surface area contributed by atoms with Crippen molar-refractivity contribution in [2.45, 2.75) is 50.2 Å². The third-order valence-corrected chi connectivity index (χ3v) is 11.3. The van der Waals surface area contributed by atoms with Crippen molar-refractivity contribution in [1.82, 2.24) is 4.31 Å². The molecule has 0 bridgehead atoms. The molecule has 0 radical (unpaired) electrons. The molecule has 0 fully saturated rings. The van der Waals surface area contributed by atoms with Crippen molar-refractivity contribution in [3.63, 3.8) is 0 Å². The standard InChI is InChI=1S/C30H31F3N2O2S.C10H8/c1-4-35(5-2)23-17-22(30(31,32)33)18-24(19-23)38(36,37)34(3)28-16-21-11-7-8-12-25(21)27-15-14-20-10-6-9-13-26(20)29(27)28;1-2-6-10-8-4-3-7-9(10)5-1/h6,8-10,12-15,17-19,28H,4-5,7,11,16H2,1-3H3;1-8H/t28-;/m1./s1. The summed E-state index contributed by atoms with van der Waals surface area (Å²) in [7, 11) is -2.78. The fourth-order valence-corrected chi connectivity index (χ4v) is 8.27. The van der Waals surface area contributed by atoms with E-state index in [0.717, 1.165) is 52.4 Å². The SMILES string of the molecule is CCN(CC)c1cc(C(F)(F)F)cc(S(=O)(=O)N(C)[C@@H]2CC3=C(C=CCC3)c3ccc4ccccc4c32)c1.c1ccc2ccccc2c1. The summed E-state index contributed by atoms with van der Waals surface area (Å²) in [6.07, 6.45) is 1.78. The first kappa shape index (κ1) is 33.5. The first-order valence-electron chi connectivity index (χ1n) is 16.3. The van der Waals surface area contributed by atoms with Gasteiger partial charge in [0.2, 0.25) is 10.0 Å². The van der Waals surface area contributed by atoms with Gasteiger partial charge in [0.25, 0.3) is 0 Å². The fraction of sp³-hybridized carbons (Fsp3) is 0.250. The van der Waals surface area contributed by atoms with Gasteiger partial charge in [-0.15, -0.1) is 0 Å². The van der Waals surface area contributed by atoms with Crippen LogP contribution in [0.1, 0.15) is 55.8 Å². The van der Waals surface area contributed by atoms with Crippen molar-refractivity contribution in [3.8, 4) is 0 Å². The van der Waals surface area contributed by atoms with E-state index in [-0.39, 0.29) is 10.6 Å². The minimum atomic E-state index is -4.67. The molecule has 248 valence electrons. The van der Waals surface area contributed by atoms with Gasteiger partial charge in [0.05, 0.1) is 16.5 Å². The molecule has 48 heavy (non-hydrogen) atoms. The van der Waals surface area contributed by atoms with Gasteiger partial charge in [0.1, 0.15) is 0 Å². The van der Waals surface area contributed by atoms with Crippen LogP contribution in [0.3, 0.4) is 0 Å². The molecule has 2 aliphatic carbocycles. The molecule has 5 aromatic carbocycles. The number of halogens is 3. The number of hydrogen-bond acceptors (Lipinski definition) is 3. The van der Waals surface area contributed by atoms with Crippen molar-refractivity contribution in [2.24, 2.45) is 0 Å². The highest BCUT2D eigenvalue weighted by molar-refractivity contribution is 7.89. The average Bonchev–Trinajstić information content (AvgIpc) is 3.11. The Balaban J connectivity index is 0.000000340. The first-order chi connectivity index (χ1) is 23.0. The zero-order valence-corrected chi connectivity index (χ0v) is 28.2. The summed E-state index contributed by atoms with van der Waals surface area (Å²) in [4.78, 5) is 1.38. The molecule has 0 aromatic heterocycles. The Labute approximate surface area is 280 Å². The summed E-state index contributed by atoms with van der Waals surface area (Å²) < 4.78 is 71.1. The molecular formula is C40H39F3N2O2S. The van der Waals surface area contributed by atoms with Gasteiger partial charge in [-0.05, 0) is 89.6 Å². The molecule has 0 amide bonds. The molecule has 8 heteroatoms. The molecule has 0 N–H and O–H groups in total. The summed E-state index contributed by atoms with van der Waals surface area (Å²) in [5.41, 5.74) is 3.47. The molecule has 7 rings (SSSR count). The lowest BCUT2D eigenvalue weighted by molar-refractivity contribution is -0.137. The normalized spacial score (nSPS) is 16.0. The summed E-state index contributed by atoms with van der Waals surface area (Å²) >= 11 is 0. The average molecular weight is 669 g/mol. The number of nitrogens with zero attached hydrogens (tertiary/aromatic N) is 2. The Kier molecular flexibility index (Phi) is 9.50. The van der Waals surface area contributed by atoms with Crippen LogP contribution >= 0.6 is 0 Å². The number of sulfonamides is 1. The third kappa shape index (κ3) is 6.51. The molecule has 0 unspecified atom stereocenters. The lowest BCUT2D eigenvalue weighted by Crippen LogP contribution is -2.34. The van der Waals surface area contributed by atoms with E-state index in [1.165, 1.54) is 33.8 Å². The largest absolute Gasteiger partial charge is 0.416 e. The zero-order valence-electron chi connectivity index (χ0n) is 27.3. The number of rotatable bonds is 6. The lowest BCUT2D eigenvalue weighted by atomic mass is 9.77. The molecule has 4 nitrogen and oxygen atoms in total. The second-order valence-electron chi connectivity index (χ2n) is 12.2. The minimum Gasteiger partial charge on any atom is -0.372 e. The van der Waals surface area contributed by atoms with Crippen molar-refractivity contribution < 1.29 is 21.6 Å². The van der Waals surface area contributed by atoms with Crippen LogP contribution in [-0.2, 0) is 16.2 Å². The second-order valence-corrected chi connectivity index (χ2v) is 14.2. The highest BCUT2D eigenvalue weighted by atomic mass is 32.2. The van der Waals surface area contributed by atoms with E-state index in [2.05, 4.69) is 60.7 Å². The van der Waals surface area contributed by atoms with Gasteiger partial charge in [-0.3, -0.25) is 0 Å². The van der Waals surface area contributed by atoms with E-state index >= 15 is 0 Å². The minimum absolute atomic E-state index is 0.244. The maximum absolute atomic E-state index is 14.1. The van der Waals surface area contributed by atoms with Crippen molar-refractivity contribution in [3.05, 3.63) is 138 Å². The number of allylic oxidation sites excluding steroid dienone is 3. The summed E-state index contributed by atoms with van der Waals surface area (Å²) in [6.45, 7) is 4.58. The van der Waals surface area contributed by atoms with E-state index in [1.54, 1.807) is 4.90 Å². The van der Waals surface area contributed by atoms with Gasteiger partial charge < -0.3 is 4.90 Å². The van der Waals surface area contributed by atoms with Crippen LogP contribution in [-0.4, -0.2) is 32.9 Å². The number of fused-ring (bicyclic) bond motifs is 5. The molecule has 5 aromatic rings. The van der Waals surface area contributed by atoms with Gasteiger partial charge in [-0.1, -0.05) is 103 Å². The molecule has 0 heterocycles. The summed E-state index contributed by atoms with van der Waals surface area (Å²) in [5, 5.41) is 4.57. The Morgan fingerprint density at radius 1 is 0.792 bits per heavy atom. The lowest BCUT2D eigenvalue weighted by Gasteiger charge is -2.36. The quantitative estimate of drug-likeness (QED) is 0.181. The number of benzene rings is 5. The number of anilines is 1. The van der Waals surface area contributed by atoms with E-state index in [0.29, 0.717) is 19.5 Å². The Morgan fingerprint density at radius 3 is 2.00 bits per heavy atom. The van der Waals surface area contributed by atoms with Crippen LogP contribution in [0.25, 0.3) is 27.1 Å². The van der Waals surface area contributed by atoms with Crippen molar-refractivity contribution >= 4 is 42.8 Å². The highest BCUT2D eigenvalue weighted by Crippen LogP contribution is 2.48. The van der Waals surface area contributed by atoms with Gasteiger partial charge in [0, 0.05) is 25.8 Å². The summed E-state index contributed by atoms with van der Waals surface area (Å²) in [5.74, 6) is 0. The third-order valence-electron chi connectivity index (χ3n) is 9.43. The zero-order chi connectivity index (χ0) is 34.1. The Bertz CT molecular complexity index is 2070. The highest BCUT2D eigenvalue weighted by Gasteiger charge is 2.38. The van der Waals surface area contributed by atoms with E-state index in [9.17, 15) is 21.6 Å². The van der Waals surface area contributed by atoms with Crippen LogP contribution in [0.2, 0.25) is 0 Å². The molecule has 0 spiro atoms. The number of alkyl halides is 3. The maximum Gasteiger partial charge on any atom is 0.416 e. The van der Waals surface area contributed by atoms with Gasteiger partial charge in [0.15, 0.2) is 0 Å². The van der Waals surface area contributed by atoms with Crippen LogP contribution in [0.5, 0.6) is 0 Å². The fourth-order valence-electron chi connectivity index (χ4n) is 6.87. The summed E-state index contributed by atoms with van der Waals surface area (Å²) in [6, 6.07) is 31.3. The van der Waals surface area contributed by atoms with E-state index < -0.39 is 27.8 Å². The first-order valence-corrected chi connectivity index (χ1v) is 17.8. The Hall–Kier alpha value is -4.40. The van der Waals surface area contributed by atoms with Crippen LogP contribution in [0.4, 0.5) is 18.9 Å². The monoisotopic (exact) mass is 668 g/mol.